The summed E-state index contributed by atoms with van der Waals surface area (Å²) in [5.74, 6) is 1.06. The zero-order valence-electron chi connectivity index (χ0n) is 9.88. The molecule has 0 aliphatic carbocycles. The quantitative estimate of drug-likeness (QED) is 0.825. The van der Waals surface area contributed by atoms with E-state index in [0.29, 0.717) is 6.61 Å². The van der Waals surface area contributed by atoms with Crippen molar-refractivity contribution in [3.8, 4) is 0 Å². The Labute approximate surface area is 95.1 Å². The molecule has 88 valence electrons. The summed E-state index contributed by atoms with van der Waals surface area (Å²) in [7, 11) is 0. The third-order valence-electron chi connectivity index (χ3n) is 3.15. The van der Waals surface area contributed by atoms with E-state index < -0.39 is 0 Å². The molecule has 4 heteroatoms. The second kappa shape index (κ2) is 4.78. The molecule has 1 aromatic rings. The second-order valence-corrected chi connectivity index (χ2v) is 4.29. The van der Waals surface area contributed by atoms with Gasteiger partial charge in [0.05, 0.1) is 12.3 Å². The van der Waals surface area contributed by atoms with Gasteiger partial charge in [0.1, 0.15) is 5.82 Å². The van der Waals surface area contributed by atoms with Crippen molar-refractivity contribution in [2.75, 3.05) is 13.2 Å². The Balaban J connectivity index is 2.33. The zero-order chi connectivity index (χ0) is 11.5. The molecule has 2 rings (SSSR count). The number of ether oxygens (including phenoxy) is 1. The Morgan fingerprint density at radius 3 is 3.00 bits per heavy atom. The van der Waals surface area contributed by atoms with Crippen LogP contribution in [0.5, 0.6) is 0 Å². The van der Waals surface area contributed by atoms with Gasteiger partial charge in [-0.15, -0.1) is 0 Å². The fraction of sp³-hybridized carbons (Fsp3) is 0.667. The van der Waals surface area contributed by atoms with Gasteiger partial charge < -0.3 is 9.72 Å². The number of nitrogens with one attached hydrogen (secondary N) is 1. The van der Waals surface area contributed by atoms with Crippen molar-refractivity contribution in [2.45, 2.75) is 39.0 Å². The molecule has 0 aromatic carbocycles. The lowest BCUT2D eigenvalue weighted by Gasteiger charge is -2.21. The SMILES string of the molecule is CCc1nc(C2CCCOC2)[nH]c(=O)c1C. The number of H-pyrrole nitrogens is 1. The van der Waals surface area contributed by atoms with Crippen LogP contribution in [0.1, 0.15) is 42.8 Å². The normalized spacial score (nSPS) is 21.0. The van der Waals surface area contributed by atoms with E-state index >= 15 is 0 Å². The van der Waals surface area contributed by atoms with E-state index in [1.165, 1.54) is 0 Å². The van der Waals surface area contributed by atoms with Crippen molar-refractivity contribution in [1.82, 2.24) is 9.97 Å². The third kappa shape index (κ3) is 2.16. The van der Waals surface area contributed by atoms with Gasteiger partial charge in [-0.2, -0.15) is 0 Å². The first kappa shape index (κ1) is 11.3. The van der Waals surface area contributed by atoms with Crippen molar-refractivity contribution in [3.63, 3.8) is 0 Å². The van der Waals surface area contributed by atoms with Gasteiger partial charge in [0.25, 0.3) is 5.56 Å². The number of hydrogen-bond donors (Lipinski definition) is 1. The lowest BCUT2D eigenvalue weighted by atomic mass is 10.0. The molecule has 4 nitrogen and oxygen atoms in total. The number of hydrogen-bond acceptors (Lipinski definition) is 3. The topological polar surface area (TPSA) is 55.0 Å². The number of rotatable bonds is 2. The van der Waals surface area contributed by atoms with Crippen molar-refractivity contribution >= 4 is 0 Å². The highest BCUT2D eigenvalue weighted by atomic mass is 16.5. The molecule has 2 heterocycles. The highest BCUT2D eigenvalue weighted by molar-refractivity contribution is 5.17. The summed E-state index contributed by atoms with van der Waals surface area (Å²) < 4.78 is 5.42. The Morgan fingerprint density at radius 1 is 1.56 bits per heavy atom. The molecule has 0 spiro atoms. The van der Waals surface area contributed by atoms with Gasteiger partial charge in [0.2, 0.25) is 0 Å². The van der Waals surface area contributed by atoms with Gasteiger partial charge in [-0.3, -0.25) is 4.79 Å². The standard InChI is InChI=1S/C12H18N2O2/c1-3-10-8(2)12(15)14-11(13-10)9-5-4-6-16-7-9/h9H,3-7H2,1-2H3,(H,13,14,15). The lowest BCUT2D eigenvalue weighted by Crippen LogP contribution is -2.24. The van der Waals surface area contributed by atoms with Gasteiger partial charge in [0.15, 0.2) is 0 Å². The van der Waals surface area contributed by atoms with E-state index in [9.17, 15) is 4.79 Å². The van der Waals surface area contributed by atoms with Gasteiger partial charge in [0, 0.05) is 18.1 Å². The van der Waals surface area contributed by atoms with Crippen molar-refractivity contribution in [3.05, 3.63) is 27.4 Å². The Hall–Kier alpha value is -1.16. The van der Waals surface area contributed by atoms with Gasteiger partial charge in [-0.1, -0.05) is 6.92 Å². The summed E-state index contributed by atoms with van der Waals surface area (Å²) >= 11 is 0. The minimum atomic E-state index is -0.00702. The molecule has 1 atom stereocenters. The van der Waals surface area contributed by atoms with Crippen LogP contribution in [0.3, 0.4) is 0 Å². The zero-order valence-corrected chi connectivity index (χ0v) is 9.88. The first-order valence-corrected chi connectivity index (χ1v) is 5.89. The molecule has 1 aromatic heterocycles. The number of aromatic amines is 1. The van der Waals surface area contributed by atoms with Crippen LogP contribution in [0, 0.1) is 6.92 Å². The van der Waals surface area contributed by atoms with E-state index in [1.807, 2.05) is 13.8 Å². The molecule has 16 heavy (non-hydrogen) atoms. The Bertz CT molecular complexity index is 420. The maximum atomic E-state index is 11.7. The van der Waals surface area contributed by atoms with Crippen LogP contribution in [-0.4, -0.2) is 23.2 Å². The minimum Gasteiger partial charge on any atom is -0.381 e. The Morgan fingerprint density at radius 2 is 2.38 bits per heavy atom. The first-order valence-electron chi connectivity index (χ1n) is 5.89. The summed E-state index contributed by atoms with van der Waals surface area (Å²) in [4.78, 5) is 19.1. The molecule has 0 bridgehead atoms. The molecular weight excluding hydrogens is 204 g/mol. The van der Waals surface area contributed by atoms with Crippen LogP contribution >= 0.6 is 0 Å². The average molecular weight is 222 g/mol. The molecule has 1 fully saturated rings. The average Bonchev–Trinajstić information content (AvgIpc) is 2.33. The molecule has 1 N–H and O–H groups in total. The number of aryl methyl sites for hydroxylation is 1. The smallest absolute Gasteiger partial charge is 0.254 e. The van der Waals surface area contributed by atoms with Crippen LogP contribution in [0.4, 0.5) is 0 Å². The second-order valence-electron chi connectivity index (χ2n) is 4.29. The summed E-state index contributed by atoms with van der Waals surface area (Å²) in [5.41, 5.74) is 1.64. The molecule has 1 unspecified atom stereocenters. The largest absolute Gasteiger partial charge is 0.381 e. The highest BCUT2D eigenvalue weighted by Crippen LogP contribution is 2.22. The minimum absolute atomic E-state index is 0.00702. The first-order chi connectivity index (χ1) is 7.72. The van der Waals surface area contributed by atoms with Crippen LogP contribution in [0.15, 0.2) is 4.79 Å². The van der Waals surface area contributed by atoms with Gasteiger partial charge in [-0.05, 0) is 26.2 Å². The van der Waals surface area contributed by atoms with E-state index in [4.69, 9.17) is 4.74 Å². The summed E-state index contributed by atoms with van der Waals surface area (Å²) in [6, 6.07) is 0. The van der Waals surface area contributed by atoms with E-state index in [1.54, 1.807) is 0 Å². The fourth-order valence-corrected chi connectivity index (χ4v) is 2.09. The maximum absolute atomic E-state index is 11.7. The van der Waals surface area contributed by atoms with Crippen LogP contribution < -0.4 is 5.56 Å². The monoisotopic (exact) mass is 222 g/mol. The van der Waals surface area contributed by atoms with Crippen molar-refractivity contribution in [2.24, 2.45) is 0 Å². The molecule has 0 amide bonds. The molecule has 1 aliphatic rings. The molecule has 1 aliphatic heterocycles. The number of aromatic nitrogens is 2. The molecule has 0 saturated carbocycles. The van der Waals surface area contributed by atoms with Gasteiger partial charge >= 0.3 is 0 Å². The summed E-state index contributed by atoms with van der Waals surface area (Å²) in [5, 5.41) is 0. The van der Waals surface area contributed by atoms with Crippen molar-refractivity contribution < 1.29 is 4.74 Å². The predicted octanol–water partition coefficient (Wildman–Crippen LogP) is 1.53. The highest BCUT2D eigenvalue weighted by Gasteiger charge is 2.19. The lowest BCUT2D eigenvalue weighted by molar-refractivity contribution is 0.0779. The molecule has 0 radical (unpaired) electrons. The molecule has 1 saturated heterocycles. The maximum Gasteiger partial charge on any atom is 0.254 e. The van der Waals surface area contributed by atoms with E-state index in [2.05, 4.69) is 9.97 Å². The van der Waals surface area contributed by atoms with Crippen LogP contribution in [0.2, 0.25) is 0 Å². The predicted molar refractivity (Wildman–Crippen MR) is 61.8 cm³/mol. The Kier molecular flexibility index (Phi) is 3.39. The fourth-order valence-electron chi connectivity index (χ4n) is 2.09. The summed E-state index contributed by atoms with van der Waals surface area (Å²) in [6.45, 7) is 5.35. The third-order valence-corrected chi connectivity index (χ3v) is 3.15. The van der Waals surface area contributed by atoms with Gasteiger partial charge in [-0.25, -0.2) is 4.98 Å². The van der Waals surface area contributed by atoms with Crippen LogP contribution in [-0.2, 0) is 11.2 Å². The number of nitrogens with zero attached hydrogens (tertiary/aromatic N) is 1. The van der Waals surface area contributed by atoms with E-state index in [0.717, 1.165) is 43.0 Å². The van der Waals surface area contributed by atoms with E-state index in [-0.39, 0.29) is 11.5 Å². The van der Waals surface area contributed by atoms with Crippen LogP contribution in [0.25, 0.3) is 0 Å². The molecular formula is C12H18N2O2. The van der Waals surface area contributed by atoms with Crippen molar-refractivity contribution in [1.29, 1.82) is 0 Å². The summed E-state index contributed by atoms with van der Waals surface area (Å²) in [6.07, 6.45) is 2.90.